The number of rotatable bonds is 11. The van der Waals surface area contributed by atoms with E-state index in [1.54, 1.807) is 42.5 Å². The van der Waals surface area contributed by atoms with E-state index in [4.69, 9.17) is 14.2 Å². The van der Waals surface area contributed by atoms with E-state index in [9.17, 15) is 9.59 Å². The molecular weight excluding hydrogens is 372 g/mol. The topological polar surface area (TPSA) is 85.9 Å². The lowest BCUT2D eigenvalue weighted by atomic mass is 10.1. The Kier molecular flexibility index (Phi) is 8.56. The maximum atomic E-state index is 12.3. The Balaban J connectivity index is 1.93. The molecule has 0 bridgehead atoms. The smallest absolute Gasteiger partial charge is 0.257 e. The van der Waals surface area contributed by atoms with Gasteiger partial charge in [-0.1, -0.05) is 18.7 Å². The second-order valence-corrected chi connectivity index (χ2v) is 6.03. The summed E-state index contributed by atoms with van der Waals surface area (Å²) < 4.78 is 16.2. The standard InChI is InChI=1S/C22H26N2O5/c1-4-12-28-18-9-7-17(8-10-18)22(26)24-14-16-6-11-19(20(13-16)27-3)29-15-21(25)23-5-2/h4,6-11,13H,1,5,12,14-15H2,2-3H3,(H,23,25)(H,24,26). The minimum Gasteiger partial charge on any atom is -0.493 e. The SMILES string of the molecule is C=CCOc1ccc(C(=O)NCc2ccc(OCC(=O)NCC)c(OC)c2)cc1. The van der Waals surface area contributed by atoms with E-state index < -0.39 is 0 Å². The van der Waals surface area contributed by atoms with Gasteiger partial charge in [0.05, 0.1) is 7.11 Å². The molecule has 0 aromatic heterocycles. The normalized spacial score (nSPS) is 10.0. The first-order valence-electron chi connectivity index (χ1n) is 9.25. The van der Waals surface area contributed by atoms with Gasteiger partial charge in [0.1, 0.15) is 12.4 Å². The number of hydrogen-bond acceptors (Lipinski definition) is 5. The fourth-order valence-electron chi connectivity index (χ4n) is 2.47. The van der Waals surface area contributed by atoms with Crippen molar-refractivity contribution < 1.29 is 23.8 Å². The monoisotopic (exact) mass is 398 g/mol. The van der Waals surface area contributed by atoms with Gasteiger partial charge in [0.25, 0.3) is 11.8 Å². The number of hydrogen-bond donors (Lipinski definition) is 2. The zero-order chi connectivity index (χ0) is 21.1. The number of carbonyl (C=O) groups excluding carboxylic acids is 2. The van der Waals surface area contributed by atoms with Crippen LogP contribution in [-0.2, 0) is 11.3 Å². The van der Waals surface area contributed by atoms with Gasteiger partial charge in [0.2, 0.25) is 0 Å². The molecule has 0 radical (unpaired) electrons. The number of likely N-dealkylation sites (N-methyl/N-ethyl adjacent to an activating group) is 1. The molecule has 0 saturated carbocycles. The average molecular weight is 398 g/mol. The molecule has 2 rings (SSSR count). The fraction of sp³-hybridized carbons (Fsp3) is 0.273. The highest BCUT2D eigenvalue weighted by Crippen LogP contribution is 2.28. The number of nitrogens with one attached hydrogen (secondary N) is 2. The molecule has 154 valence electrons. The minimum absolute atomic E-state index is 0.0905. The molecule has 0 heterocycles. The van der Waals surface area contributed by atoms with Gasteiger partial charge in [-0.15, -0.1) is 0 Å². The molecule has 2 N–H and O–H groups in total. The van der Waals surface area contributed by atoms with Gasteiger partial charge in [-0.3, -0.25) is 9.59 Å². The molecule has 7 nitrogen and oxygen atoms in total. The van der Waals surface area contributed by atoms with Crippen LogP contribution in [0.25, 0.3) is 0 Å². The Morgan fingerprint density at radius 3 is 2.45 bits per heavy atom. The number of amides is 2. The number of ether oxygens (including phenoxy) is 3. The summed E-state index contributed by atoms with van der Waals surface area (Å²) in [5.41, 5.74) is 1.37. The van der Waals surface area contributed by atoms with Gasteiger partial charge in [-0.25, -0.2) is 0 Å². The van der Waals surface area contributed by atoms with Crippen molar-refractivity contribution in [1.82, 2.24) is 10.6 Å². The fourth-order valence-corrected chi connectivity index (χ4v) is 2.47. The van der Waals surface area contributed by atoms with Crippen LogP contribution < -0.4 is 24.8 Å². The van der Waals surface area contributed by atoms with Crippen LogP contribution in [0.5, 0.6) is 17.2 Å². The zero-order valence-corrected chi connectivity index (χ0v) is 16.7. The summed E-state index contributed by atoms with van der Waals surface area (Å²) in [4.78, 5) is 23.9. The van der Waals surface area contributed by atoms with Gasteiger partial charge >= 0.3 is 0 Å². The van der Waals surface area contributed by atoms with Crippen LogP contribution in [0, 0.1) is 0 Å². The molecule has 0 spiro atoms. The van der Waals surface area contributed by atoms with Crippen molar-refractivity contribution >= 4 is 11.8 Å². The summed E-state index contributed by atoms with van der Waals surface area (Å²) in [7, 11) is 1.52. The zero-order valence-electron chi connectivity index (χ0n) is 16.7. The summed E-state index contributed by atoms with van der Waals surface area (Å²) in [5.74, 6) is 1.23. The first-order chi connectivity index (χ1) is 14.1. The van der Waals surface area contributed by atoms with Crippen molar-refractivity contribution in [2.24, 2.45) is 0 Å². The molecule has 0 aliphatic rings. The molecule has 2 aromatic carbocycles. The second-order valence-electron chi connectivity index (χ2n) is 6.03. The van der Waals surface area contributed by atoms with Crippen molar-refractivity contribution in [2.75, 3.05) is 26.9 Å². The molecule has 7 heteroatoms. The van der Waals surface area contributed by atoms with E-state index in [2.05, 4.69) is 17.2 Å². The minimum atomic E-state index is -0.202. The van der Waals surface area contributed by atoms with Crippen LogP contribution in [-0.4, -0.2) is 38.7 Å². The molecule has 2 aromatic rings. The lowest BCUT2D eigenvalue weighted by Crippen LogP contribution is -2.28. The Morgan fingerprint density at radius 1 is 1.03 bits per heavy atom. The number of methoxy groups -OCH3 is 1. The quantitative estimate of drug-likeness (QED) is 0.569. The van der Waals surface area contributed by atoms with E-state index in [1.807, 2.05) is 13.0 Å². The Labute approximate surface area is 170 Å². The molecule has 0 fully saturated rings. The summed E-state index contributed by atoms with van der Waals surface area (Å²) in [6, 6.07) is 12.2. The van der Waals surface area contributed by atoms with Crippen molar-refractivity contribution in [2.45, 2.75) is 13.5 Å². The van der Waals surface area contributed by atoms with Gasteiger partial charge in [-0.05, 0) is 48.9 Å². The van der Waals surface area contributed by atoms with E-state index >= 15 is 0 Å². The highest BCUT2D eigenvalue weighted by atomic mass is 16.5. The van der Waals surface area contributed by atoms with Gasteiger partial charge in [0, 0.05) is 18.7 Å². The van der Waals surface area contributed by atoms with Crippen LogP contribution in [0.4, 0.5) is 0 Å². The Bertz CT molecular complexity index is 834. The first-order valence-corrected chi connectivity index (χ1v) is 9.25. The average Bonchev–Trinajstić information content (AvgIpc) is 2.75. The molecule has 2 amide bonds. The molecule has 0 unspecified atom stereocenters. The summed E-state index contributed by atoms with van der Waals surface area (Å²) in [6.45, 7) is 6.62. The predicted molar refractivity (Wildman–Crippen MR) is 110 cm³/mol. The van der Waals surface area contributed by atoms with Crippen molar-refractivity contribution in [1.29, 1.82) is 0 Å². The third-order valence-corrected chi connectivity index (χ3v) is 3.90. The van der Waals surface area contributed by atoms with E-state index in [1.165, 1.54) is 7.11 Å². The largest absolute Gasteiger partial charge is 0.493 e. The second kappa shape index (κ2) is 11.4. The maximum absolute atomic E-state index is 12.3. The van der Waals surface area contributed by atoms with Crippen LogP contribution in [0.1, 0.15) is 22.8 Å². The predicted octanol–water partition coefficient (Wildman–Crippen LogP) is 2.70. The number of carbonyl (C=O) groups is 2. The molecular formula is C22H26N2O5. The molecule has 0 saturated heterocycles. The van der Waals surface area contributed by atoms with Gasteiger partial charge < -0.3 is 24.8 Å². The Morgan fingerprint density at radius 2 is 1.79 bits per heavy atom. The Hall–Kier alpha value is -3.48. The van der Waals surface area contributed by atoms with Gasteiger partial charge in [-0.2, -0.15) is 0 Å². The van der Waals surface area contributed by atoms with Crippen molar-refractivity contribution in [3.63, 3.8) is 0 Å². The van der Waals surface area contributed by atoms with Gasteiger partial charge in [0.15, 0.2) is 18.1 Å². The summed E-state index contributed by atoms with van der Waals surface area (Å²) in [6.07, 6.45) is 1.66. The van der Waals surface area contributed by atoms with E-state index in [0.717, 1.165) is 5.56 Å². The molecule has 29 heavy (non-hydrogen) atoms. The summed E-state index contributed by atoms with van der Waals surface area (Å²) >= 11 is 0. The van der Waals surface area contributed by atoms with Crippen molar-refractivity contribution in [3.8, 4) is 17.2 Å². The molecule has 0 atom stereocenters. The van der Waals surface area contributed by atoms with Crippen LogP contribution in [0.2, 0.25) is 0 Å². The van der Waals surface area contributed by atoms with Crippen LogP contribution >= 0.6 is 0 Å². The molecule has 0 aliphatic heterocycles. The maximum Gasteiger partial charge on any atom is 0.257 e. The van der Waals surface area contributed by atoms with E-state index in [-0.39, 0.29) is 18.4 Å². The summed E-state index contributed by atoms with van der Waals surface area (Å²) in [5, 5.41) is 5.52. The highest BCUT2D eigenvalue weighted by Gasteiger charge is 2.10. The third kappa shape index (κ3) is 6.88. The number of benzene rings is 2. The third-order valence-electron chi connectivity index (χ3n) is 3.90. The van der Waals surface area contributed by atoms with E-state index in [0.29, 0.717) is 42.5 Å². The molecule has 0 aliphatic carbocycles. The lowest BCUT2D eigenvalue weighted by molar-refractivity contribution is -0.123. The first kappa shape index (κ1) is 21.8. The van der Waals surface area contributed by atoms with Crippen LogP contribution in [0.3, 0.4) is 0 Å². The lowest BCUT2D eigenvalue weighted by Gasteiger charge is -2.12. The van der Waals surface area contributed by atoms with Crippen LogP contribution in [0.15, 0.2) is 55.1 Å². The van der Waals surface area contributed by atoms with Crippen molar-refractivity contribution in [3.05, 3.63) is 66.2 Å². The highest BCUT2D eigenvalue weighted by molar-refractivity contribution is 5.94.